The monoisotopic (exact) mass is 588 g/mol. The number of phenols is 1. The van der Waals surface area contributed by atoms with Crippen LogP contribution in [0.3, 0.4) is 0 Å². The highest BCUT2D eigenvalue weighted by Gasteiger charge is 2.41. The number of amides is 1. The molecule has 0 bridgehead atoms. The molecule has 5 rings (SSSR count). The van der Waals surface area contributed by atoms with E-state index in [0.29, 0.717) is 46.0 Å². The summed E-state index contributed by atoms with van der Waals surface area (Å²) in [5, 5.41) is 16.9. The number of benzene rings is 3. The Bertz CT molecular complexity index is 1640. The topological polar surface area (TPSA) is 106 Å². The van der Waals surface area contributed by atoms with Gasteiger partial charge in [0.2, 0.25) is 0 Å². The summed E-state index contributed by atoms with van der Waals surface area (Å²) >= 11 is 6.41. The number of anilines is 1. The lowest BCUT2D eigenvalue weighted by molar-refractivity contribution is -0.116. The first kappa shape index (κ1) is 29.1. The Morgan fingerprint density at radius 2 is 1.62 bits per heavy atom. The van der Waals surface area contributed by atoms with Gasteiger partial charge in [0.25, 0.3) is 5.91 Å². The molecule has 42 heavy (non-hydrogen) atoms. The molecule has 0 aromatic heterocycles. The number of ether oxygens (including phenoxy) is 3. The van der Waals surface area contributed by atoms with Gasteiger partial charge >= 0.3 is 0 Å². The molecule has 9 heteroatoms. The molecule has 218 valence electrons. The third-order valence-corrected chi connectivity index (χ3v) is 8.24. The standard InChI is InChI=1S/C33H33ClN2O6/c1-17-8-6-7-9-23(17)36-33(39)29-18(2)35-24-13-20(19-10-11-26(40-3)27(15-19)41-4)14-25(37)31(24)30(29)21-12-22(34)32(38)28(16-21)42-5/h6-12,15-16,20,30,35,38H,13-14H2,1-5H3,(H,36,39)/t20-,30+/m1/s1. The summed E-state index contributed by atoms with van der Waals surface area (Å²) in [5.41, 5.74) is 5.34. The number of hydrogen-bond acceptors (Lipinski definition) is 7. The molecule has 3 N–H and O–H groups in total. The van der Waals surface area contributed by atoms with Crippen LogP contribution in [-0.2, 0) is 9.59 Å². The van der Waals surface area contributed by atoms with Gasteiger partial charge in [-0.2, -0.15) is 0 Å². The first-order chi connectivity index (χ1) is 20.2. The summed E-state index contributed by atoms with van der Waals surface area (Å²) < 4.78 is 16.3. The van der Waals surface area contributed by atoms with Crippen LogP contribution in [0, 0.1) is 6.92 Å². The van der Waals surface area contributed by atoms with E-state index in [1.807, 2.05) is 56.3 Å². The van der Waals surface area contributed by atoms with Crippen molar-refractivity contribution in [3.8, 4) is 23.0 Å². The average molecular weight is 589 g/mol. The van der Waals surface area contributed by atoms with Crippen molar-refractivity contribution in [3.05, 3.63) is 98.9 Å². The Hall–Kier alpha value is -4.43. The zero-order valence-corrected chi connectivity index (χ0v) is 24.9. The second kappa shape index (κ2) is 11.8. The van der Waals surface area contributed by atoms with Gasteiger partial charge in [-0.05, 0) is 73.2 Å². The number of dihydropyridines is 1. The Labute approximate surface area is 249 Å². The van der Waals surface area contributed by atoms with Gasteiger partial charge < -0.3 is 30.0 Å². The molecule has 3 aromatic carbocycles. The number of nitrogens with one attached hydrogen (secondary N) is 2. The van der Waals surface area contributed by atoms with E-state index in [2.05, 4.69) is 10.6 Å². The largest absolute Gasteiger partial charge is 0.503 e. The van der Waals surface area contributed by atoms with Gasteiger partial charge in [-0.1, -0.05) is 35.9 Å². The number of Topliss-reactive ketones (excluding diaryl/α,β-unsaturated/α-hetero) is 1. The maximum Gasteiger partial charge on any atom is 0.254 e. The molecule has 1 aliphatic carbocycles. The molecule has 3 aromatic rings. The zero-order chi connectivity index (χ0) is 30.1. The molecule has 0 saturated carbocycles. The minimum atomic E-state index is -0.740. The second-order valence-electron chi connectivity index (χ2n) is 10.5. The molecular formula is C33H33ClN2O6. The lowest BCUT2D eigenvalue weighted by Crippen LogP contribution is -2.37. The van der Waals surface area contributed by atoms with Crippen LogP contribution >= 0.6 is 11.6 Å². The van der Waals surface area contributed by atoms with E-state index in [1.54, 1.807) is 26.4 Å². The van der Waals surface area contributed by atoms with Crippen LogP contribution in [0.4, 0.5) is 5.69 Å². The highest BCUT2D eigenvalue weighted by atomic mass is 35.5. The Morgan fingerprint density at radius 3 is 2.31 bits per heavy atom. The molecule has 0 fully saturated rings. The number of carbonyl (C=O) groups is 2. The Kier molecular flexibility index (Phi) is 8.18. The quantitative estimate of drug-likeness (QED) is 0.294. The predicted molar refractivity (Wildman–Crippen MR) is 162 cm³/mol. The number of phenolic OH excluding ortho intramolecular Hbond substituents is 1. The summed E-state index contributed by atoms with van der Waals surface area (Å²) in [6, 6.07) is 16.4. The first-order valence-corrected chi connectivity index (χ1v) is 13.9. The van der Waals surface area contributed by atoms with Crippen LogP contribution in [0.1, 0.15) is 48.3 Å². The maximum absolute atomic E-state index is 14.0. The molecule has 0 spiro atoms. The Morgan fingerprint density at radius 1 is 0.929 bits per heavy atom. The molecule has 1 amide bonds. The van der Waals surface area contributed by atoms with Crippen molar-refractivity contribution < 1.29 is 28.9 Å². The summed E-state index contributed by atoms with van der Waals surface area (Å²) in [5.74, 6) is -0.140. The third-order valence-electron chi connectivity index (χ3n) is 7.95. The first-order valence-electron chi connectivity index (χ1n) is 13.6. The third kappa shape index (κ3) is 5.30. The number of hydrogen-bond donors (Lipinski definition) is 3. The van der Waals surface area contributed by atoms with Crippen molar-refractivity contribution in [2.45, 2.75) is 38.5 Å². The lowest BCUT2D eigenvalue weighted by atomic mass is 9.71. The number of halogens is 1. The van der Waals surface area contributed by atoms with Gasteiger partial charge in [0.15, 0.2) is 28.8 Å². The van der Waals surface area contributed by atoms with E-state index in [-0.39, 0.29) is 40.6 Å². The van der Waals surface area contributed by atoms with Crippen molar-refractivity contribution in [1.29, 1.82) is 0 Å². The SMILES string of the molecule is COc1ccc([C@H]2CC(=O)C3=C(C2)NC(C)=C(C(=O)Nc2ccccc2C)[C@@H]3c2cc(Cl)c(O)c(OC)c2)cc1OC. The average Bonchev–Trinajstić information content (AvgIpc) is 2.98. The zero-order valence-electron chi connectivity index (χ0n) is 24.1. The summed E-state index contributed by atoms with van der Waals surface area (Å²) in [7, 11) is 4.59. The van der Waals surface area contributed by atoms with E-state index >= 15 is 0 Å². The maximum atomic E-state index is 14.0. The summed E-state index contributed by atoms with van der Waals surface area (Å²) in [6.07, 6.45) is 0.779. The number of rotatable bonds is 7. The number of para-hydroxylation sites is 1. The molecule has 0 radical (unpaired) electrons. The molecule has 8 nitrogen and oxygen atoms in total. The van der Waals surface area contributed by atoms with Gasteiger partial charge in [0, 0.05) is 40.6 Å². The van der Waals surface area contributed by atoms with E-state index < -0.39 is 5.92 Å². The molecule has 2 aliphatic rings. The fraction of sp³-hybridized carbons (Fsp3) is 0.273. The van der Waals surface area contributed by atoms with Gasteiger partial charge in [-0.3, -0.25) is 9.59 Å². The van der Waals surface area contributed by atoms with E-state index in [4.69, 9.17) is 25.8 Å². The highest BCUT2D eigenvalue weighted by Crippen LogP contribution is 2.48. The van der Waals surface area contributed by atoms with Crippen LogP contribution in [0.15, 0.2) is 77.1 Å². The van der Waals surface area contributed by atoms with Crippen LogP contribution in [0.25, 0.3) is 0 Å². The number of allylic oxidation sites excluding steroid dienone is 3. The second-order valence-corrected chi connectivity index (χ2v) is 10.9. The molecule has 1 heterocycles. The molecule has 0 saturated heterocycles. The summed E-state index contributed by atoms with van der Waals surface area (Å²) in [4.78, 5) is 28.0. The molecule has 1 aliphatic heterocycles. The predicted octanol–water partition coefficient (Wildman–Crippen LogP) is 6.38. The number of aryl methyl sites for hydroxylation is 1. The fourth-order valence-electron chi connectivity index (χ4n) is 5.83. The van der Waals surface area contributed by atoms with Crippen LogP contribution < -0.4 is 24.8 Å². The molecule has 2 atom stereocenters. The lowest BCUT2D eigenvalue weighted by Gasteiger charge is -2.37. The number of ketones is 1. The van der Waals surface area contributed by atoms with E-state index in [1.165, 1.54) is 7.11 Å². The number of carbonyl (C=O) groups excluding carboxylic acids is 2. The van der Waals surface area contributed by atoms with Crippen molar-refractivity contribution in [2.75, 3.05) is 26.6 Å². The van der Waals surface area contributed by atoms with Crippen LogP contribution in [0.5, 0.6) is 23.0 Å². The van der Waals surface area contributed by atoms with Crippen LogP contribution in [0.2, 0.25) is 5.02 Å². The van der Waals surface area contributed by atoms with Crippen LogP contribution in [-0.4, -0.2) is 38.1 Å². The van der Waals surface area contributed by atoms with Crippen molar-refractivity contribution in [1.82, 2.24) is 5.32 Å². The van der Waals surface area contributed by atoms with Gasteiger partial charge in [0.1, 0.15) is 0 Å². The van der Waals surface area contributed by atoms with Crippen molar-refractivity contribution >= 4 is 29.0 Å². The minimum absolute atomic E-state index is 0.0628. The normalized spacial score (nSPS) is 18.3. The van der Waals surface area contributed by atoms with Gasteiger partial charge in [-0.15, -0.1) is 0 Å². The molecule has 0 unspecified atom stereocenters. The smallest absolute Gasteiger partial charge is 0.254 e. The number of aromatic hydroxyl groups is 1. The highest BCUT2D eigenvalue weighted by molar-refractivity contribution is 6.32. The van der Waals surface area contributed by atoms with Crippen molar-refractivity contribution in [2.24, 2.45) is 0 Å². The Balaban J connectivity index is 1.61. The molecular weight excluding hydrogens is 556 g/mol. The van der Waals surface area contributed by atoms with Gasteiger partial charge in [-0.25, -0.2) is 0 Å². The van der Waals surface area contributed by atoms with E-state index in [9.17, 15) is 14.7 Å². The minimum Gasteiger partial charge on any atom is -0.503 e. The van der Waals surface area contributed by atoms with Gasteiger partial charge in [0.05, 0.1) is 26.4 Å². The fourth-order valence-corrected chi connectivity index (χ4v) is 6.05. The number of methoxy groups -OCH3 is 3. The van der Waals surface area contributed by atoms with Crippen molar-refractivity contribution in [3.63, 3.8) is 0 Å². The summed E-state index contributed by atoms with van der Waals surface area (Å²) in [6.45, 7) is 3.74. The van der Waals surface area contributed by atoms with E-state index in [0.717, 1.165) is 16.8 Å².